The maximum atomic E-state index is 11.9. The molecule has 108 valence electrons. The molecule has 0 bridgehead atoms. The molecule has 2 N–H and O–H groups in total. The molecule has 2 rings (SSSR count). The summed E-state index contributed by atoms with van der Waals surface area (Å²) in [4.78, 5) is 22.2. The molecule has 0 heterocycles. The summed E-state index contributed by atoms with van der Waals surface area (Å²) in [5, 5.41) is 16.9. The standard InChI is InChI=1S/C13H17N3O4/c1-20-12-5-2-9(8-11(12)16(18)19)13(17)15-7-6-14-10-3-4-10/h2,5,8,10,14H,3-4,6-7H2,1H3,(H,15,17). The van der Waals surface area contributed by atoms with E-state index in [-0.39, 0.29) is 22.9 Å². The molecule has 20 heavy (non-hydrogen) atoms. The van der Waals surface area contributed by atoms with E-state index < -0.39 is 4.92 Å². The molecule has 0 atom stereocenters. The molecule has 0 saturated heterocycles. The van der Waals surface area contributed by atoms with Gasteiger partial charge in [-0.15, -0.1) is 0 Å². The number of nitro benzene ring substituents is 1. The van der Waals surface area contributed by atoms with Gasteiger partial charge in [-0.3, -0.25) is 14.9 Å². The summed E-state index contributed by atoms with van der Waals surface area (Å²) in [7, 11) is 1.35. The second-order valence-corrected chi connectivity index (χ2v) is 4.63. The lowest BCUT2D eigenvalue weighted by molar-refractivity contribution is -0.385. The molecule has 7 heteroatoms. The van der Waals surface area contributed by atoms with Crippen LogP contribution in [0.25, 0.3) is 0 Å². The van der Waals surface area contributed by atoms with Crippen molar-refractivity contribution < 1.29 is 14.5 Å². The summed E-state index contributed by atoms with van der Waals surface area (Å²) in [5.74, 6) is -0.185. The maximum absolute atomic E-state index is 11.9. The Morgan fingerprint density at radius 3 is 2.80 bits per heavy atom. The van der Waals surface area contributed by atoms with Crippen molar-refractivity contribution in [2.24, 2.45) is 0 Å². The number of amides is 1. The third kappa shape index (κ3) is 3.67. The summed E-state index contributed by atoms with van der Waals surface area (Å²) < 4.78 is 4.89. The highest BCUT2D eigenvalue weighted by molar-refractivity contribution is 5.95. The Labute approximate surface area is 116 Å². The minimum absolute atomic E-state index is 0.141. The van der Waals surface area contributed by atoms with Gasteiger partial charge in [-0.25, -0.2) is 0 Å². The Morgan fingerprint density at radius 2 is 2.20 bits per heavy atom. The number of methoxy groups -OCH3 is 1. The Bertz CT molecular complexity index is 514. The number of benzene rings is 1. The Hall–Kier alpha value is -2.15. The highest BCUT2D eigenvalue weighted by atomic mass is 16.6. The summed E-state index contributed by atoms with van der Waals surface area (Å²) in [6, 6.07) is 4.75. The lowest BCUT2D eigenvalue weighted by Gasteiger charge is -2.07. The minimum atomic E-state index is -0.565. The van der Waals surface area contributed by atoms with Gasteiger partial charge in [0.05, 0.1) is 12.0 Å². The molecule has 1 aromatic carbocycles. The van der Waals surface area contributed by atoms with Crippen LogP contribution in [0.4, 0.5) is 5.69 Å². The van der Waals surface area contributed by atoms with Gasteiger partial charge >= 0.3 is 5.69 Å². The number of hydrogen-bond donors (Lipinski definition) is 2. The van der Waals surface area contributed by atoms with Crippen LogP contribution in [0.5, 0.6) is 5.75 Å². The van der Waals surface area contributed by atoms with Gasteiger partial charge in [0.2, 0.25) is 0 Å². The number of carbonyl (C=O) groups excluding carboxylic acids is 1. The van der Waals surface area contributed by atoms with Crippen molar-refractivity contribution in [2.45, 2.75) is 18.9 Å². The molecule has 1 saturated carbocycles. The maximum Gasteiger partial charge on any atom is 0.311 e. The zero-order chi connectivity index (χ0) is 14.5. The van der Waals surface area contributed by atoms with Crippen LogP contribution in [0, 0.1) is 10.1 Å². The lowest BCUT2D eigenvalue weighted by Crippen LogP contribution is -2.32. The van der Waals surface area contributed by atoms with Gasteiger partial charge in [0, 0.05) is 30.8 Å². The molecule has 0 aliphatic heterocycles. The second-order valence-electron chi connectivity index (χ2n) is 4.63. The molecular weight excluding hydrogens is 262 g/mol. The number of nitro groups is 1. The van der Waals surface area contributed by atoms with Crippen LogP contribution in [0.1, 0.15) is 23.2 Å². The van der Waals surface area contributed by atoms with Crippen LogP contribution in [0.2, 0.25) is 0 Å². The van der Waals surface area contributed by atoms with Crippen molar-refractivity contribution in [3.8, 4) is 5.75 Å². The molecular formula is C13H17N3O4. The molecule has 1 amide bonds. The molecule has 0 aromatic heterocycles. The van der Waals surface area contributed by atoms with E-state index in [0.717, 1.165) is 0 Å². The molecule has 1 aromatic rings. The topological polar surface area (TPSA) is 93.5 Å². The smallest absolute Gasteiger partial charge is 0.311 e. The fourth-order valence-electron chi connectivity index (χ4n) is 1.82. The number of hydrogen-bond acceptors (Lipinski definition) is 5. The van der Waals surface area contributed by atoms with Crippen molar-refractivity contribution in [3.63, 3.8) is 0 Å². The van der Waals surface area contributed by atoms with Gasteiger partial charge in [0.25, 0.3) is 5.91 Å². The van der Waals surface area contributed by atoms with Crippen LogP contribution in [-0.4, -0.2) is 37.1 Å². The molecule has 0 radical (unpaired) electrons. The summed E-state index contributed by atoms with van der Waals surface area (Å²) in [5.41, 5.74) is 0.0418. The van der Waals surface area contributed by atoms with Crippen LogP contribution in [-0.2, 0) is 0 Å². The number of rotatable bonds is 7. The van der Waals surface area contributed by atoms with Crippen molar-refractivity contribution in [2.75, 3.05) is 20.2 Å². The fourth-order valence-corrected chi connectivity index (χ4v) is 1.82. The highest BCUT2D eigenvalue weighted by Crippen LogP contribution is 2.27. The van der Waals surface area contributed by atoms with Crippen molar-refractivity contribution in [3.05, 3.63) is 33.9 Å². The lowest BCUT2D eigenvalue weighted by atomic mass is 10.1. The molecule has 0 unspecified atom stereocenters. The zero-order valence-electron chi connectivity index (χ0n) is 11.2. The SMILES string of the molecule is COc1ccc(C(=O)NCCNC2CC2)cc1[N+](=O)[O-]. The van der Waals surface area contributed by atoms with E-state index >= 15 is 0 Å². The quantitative estimate of drug-likeness (QED) is 0.442. The monoisotopic (exact) mass is 279 g/mol. The second kappa shape index (κ2) is 6.33. The van der Waals surface area contributed by atoms with Gasteiger partial charge in [0.1, 0.15) is 0 Å². The third-order valence-corrected chi connectivity index (χ3v) is 3.06. The Balaban J connectivity index is 1.94. The first-order valence-corrected chi connectivity index (χ1v) is 6.46. The summed E-state index contributed by atoms with van der Waals surface area (Å²) in [6.45, 7) is 1.20. The van der Waals surface area contributed by atoms with Crippen LogP contribution < -0.4 is 15.4 Å². The fraction of sp³-hybridized carbons (Fsp3) is 0.462. The normalized spacial score (nSPS) is 13.8. The molecule has 7 nitrogen and oxygen atoms in total. The average Bonchev–Trinajstić information content (AvgIpc) is 3.26. The largest absolute Gasteiger partial charge is 0.490 e. The number of nitrogens with zero attached hydrogens (tertiary/aromatic N) is 1. The predicted octanol–water partition coefficient (Wildman–Crippen LogP) is 1.09. The zero-order valence-corrected chi connectivity index (χ0v) is 11.2. The first-order chi connectivity index (χ1) is 9.61. The van der Waals surface area contributed by atoms with Gasteiger partial charge in [-0.1, -0.05) is 0 Å². The molecule has 0 spiro atoms. The summed E-state index contributed by atoms with van der Waals surface area (Å²) >= 11 is 0. The van der Waals surface area contributed by atoms with E-state index in [4.69, 9.17) is 4.74 Å². The number of nitrogens with one attached hydrogen (secondary N) is 2. The number of carbonyl (C=O) groups is 1. The molecule has 1 aliphatic rings. The van der Waals surface area contributed by atoms with Crippen LogP contribution >= 0.6 is 0 Å². The van der Waals surface area contributed by atoms with E-state index in [2.05, 4.69) is 10.6 Å². The van der Waals surface area contributed by atoms with Crippen molar-refractivity contribution in [1.82, 2.24) is 10.6 Å². The Kier molecular flexibility index (Phi) is 4.52. The van der Waals surface area contributed by atoms with E-state index in [1.54, 1.807) is 0 Å². The van der Waals surface area contributed by atoms with E-state index in [1.165, 1.54) is 38.2 Å². The average molecular weight is 279 g/mol. The number of ether oxygens (including phenoxy) is 1. The van der Waals surface area contributed by atoms with Gasteiger partial charge < -0.3 is 15.4 Å². The van der Waals surface area contributed by atoms with Crippen LogP contribution in [0.15, 0.2) is 18.2 Å². The van der Waals surface area contributed by atoms with E-state index in [0.29, 0.717) is 19.1 Å². The predicted molar refractivity (Wildman–Crippen MR) is 73.0 cm³/mol. The highest BCUT2D eigenvalue weighted by Gasteiger charge is 2.20. The third-order valence-electron chi connectivity index (χ3n) is 3.06. The first-order valence-electron chi connectivity index (χ1n) is 6.46. The van der Waals surface area contributed by atoms with Crippen molar-refractivity contribution in [1.29, 1.82) is 0 Å². The first kappa shape index (κ1) is 14.3. The minimum Gasteiger partial charge on any atom is -0.490 e. The summed E-state index contributed by atoms with van der Waals surface area (Å²) in [6.07, 6.45) is 2.39. The Morgan fingerprint density at radius 1 is 1.45 bits per heavy atom. The van der Waals surface area contributed by atoms with Gasteiger partial charge in [-0.05, 0) is 25.0 Å². The van der Waals surface area contributed by atoms with Crippen molar-refractivity contribution >= 4 is 11.6 Å². The van der Waals surface area contributed by atoms with Crippen LogP contribution in [0.3, 0.4) is 0 Å². The van der Waals surface area contributed by atoms with Gasteiger partial charge in [0.15, 0.2) is 5.75 Å². The van der Waals surface area contributed by atoms with E-state index in [9.17, 15) is 14.9 Å². The van der Waals surface area contributed by atoms with Gasteiger partial charge in [-0.2, -0.15) is 0 Å². The molecule has 1 aliphatic carbocycles. The van der Waals surface area contributed by atoms with E-state index in [1.807, 2.05) is 0 Å². The molecule has 1 fully saturated rings.